The van der Waals surface area contributed by atoms with Crippen LogP contribution in [0.5, 0.6) is 5.75 Å². The van der Waals surface area contributed by atoms with Crippen LogP contribution in [0.25, 0.3) is 0 Å². The van der Waals surface area contributed by atoms with E-state index in [2.05, 4.69) is 5.32 Å². The second-order valence-electron chi connectivity index (χ2n) is 4.84. The van der Waals surface area contributed by atoms with Crippen LogP contribution in [0.3, 0.4) is 0 Å². The first-order valence-corrected chi connectivity index (χ1v) is 5.94. The number of hydrogen-bond acceptors (Lipinski definition) is 2. The minimum absolute atomic E-state index is 0.208. The van der Waals surface area contributed by atoms with Crippen molar-refractivity contribution >= 4 is 0 Å². The van der Waals surface area contributed by atoms with Crippen molar-refractivity contribution in [3.8, 4) is 5.75 Å². The largest absolute Gasteiger partial charge is 0.490 e. The molecule has 86 valence electrons. The molecule has 0 aromatic heterocycles. The van der Waals surface area contributed by atoms with Crippen LogP contribution in [-0.2, 0) is 0 Å². The van der Waals surface area contributed by atoms with E-state index >= 15 is 0 Å². The number of fused-ring (bicyclic) bond motifs is 1. The molecule has 16 heavy (non-hydrogen) atoms. The molecule has 1 aliphatic carbocycles. The Labute approximate surface area is 94.8 Å². The van der Waals surface area contributed by atoms with Gasteiger partial charge in [-0.05, 0) is 62.0 Å². The van der Waals surface area contributed by atoms with E-state index in [4.69, 9.17) is 4.74 Å². The van der Waals surface area contributed by atoms with E-state index in [0.29, 0.717) is 6.10 Å². The molecule has 1 aromatic carbocycles. The van der Waals surface area contributed by atoms with Crippen molar-refractivity contribution in [1.82, 2.24) is 5.32 Å². The lowest BCUT2D eigenvalue weighted by atomic mass is 10.0. The van der Waals surface area contributed by atoms with E-state index in [1.807, 2.05) is 0 Å². The minimum Gasteiger partial charge on any atom is -0.490 e. The quantitative estimate of drug-likeness (QED) is 0.826. The van der Waals surface area contributed by atoms with Crippen LogP contribution in [0.1, 0.15) is 12.8 Å². The van der Waals surface area contributed by atoms with E-state index in [1.54, 1.807) is 12.1 Å². The molecule has 0 amide bonds. The SMILES string of the molecule is Fc1ccc(OC2CC3CNC[C@@H]3C2)cc1. The number of ether oxygens (including phenoxy) is 1. The van der Waals surface area contributed by atoms with Crippen LogP contribution in [0.15, 0.2) is 24.3 Å². The predicted molar refractivity (Wildman–Crippen MR) is 59.9 cm³/mol. The maximum atomic E-state index is 12.7. The van der Waals surface area contributed by atoms with Crippen LogP contribution in [-0.4, -0.2) is 19.2 Å². The third kappa shape index (κ3) is 1.92. The van der Waals surface area contributed by atoms with Gasteiger partial charge in [0.05, 0.1) is 6.10 Å². The van der Waals surface area contributed by atoms with Gasteiger partial charge in [-0.1, -0.05) is 0 Å². The Kier molecular flexibility index (Phi) is 2.56. The fourth-order valence-electron chi connectivity index (χ4n) is 2.91. The highest BCUT2D eigenvalue weighted by atomic mass is 19.1. The zero-order valence-corrected chi connectivity index (χ0v) is 9.16. The van der Waals surface area contributed by atoms with Gasteiger partial charge in [0, 0.05) is 0 Å². The summed E-state index contributed by atoms with van der Waals surface area (Å²) >= 11 is 0. The fourth-order valence-corrected chi connectivity index (χ4v) is 2.91. The van der Waals surface area contributed by atoms with Gasteiger partial charge in [-0.3, -0.25) is 0 Å². The molecule has 0 spiro atoms. The summed E-state index contributed by atoms with van der Waals surface area (Å²) in [5.41, 5.74) is 0. The monoisotopic (exact) mass is 221 g/mol. The van der Waals surface area contributed by atoms with Crippen LogP contribution in [0, 0.1) is 17.7 Å². The number of rotatable bonds is 2. The lowest BCUT2D eigenvalue weighted by Crippen LogP contribution is -2.18. The maximum absolute atomic E-state index is 12.7. The molecule has 3 atom stereocenters. The smallest absolute Gasteiger partial charge is 0.123 e. The summed E-state index contributed by atoms with van der Waals surface area (Å²) in [5.74, 6) is 2.15. The average molecular weight is 221 g/mol. The molecular formula is C13H16FNO. The molecule has 1 N–H and O–H groups in total. The number of halogens is 1. The lowest BCUT2D eigenvalue weighted by molar-refractivity contribution is 0.199. The molecule has 1 aliphatic heterocycles. The molecule has 1 saturated heterocycles. The molecular weight excluding hydrogens is 205 g/mol. The van der Waals surface area contributed by atoms with Crippen LogP contribution >= 0.6 is 0 Å². The summed E-state index contributed by atoms with van der Waals surface area (Å²) in [5, 5.41) is 3.41. The molecule has 3 rings (SSSR count). The lowest BCUT2D eigenvalue weighted by Gasteiger charge is -2.14. The highest BCUT2D eigenvalue weighted by Crippen LogP contribution is 2.36. The summed E-state index contributed by atoms with van der Waals surface area (Å²) in [4.78, 5) is 0. The van der Waals surface area contributed by atoms with Crippen molar-refractivity contribution in [2.75, 3.05) is 13.1 Å². The average Bonchev–Trinajstić information content (AvgIpc) is 2.81. The van der Waals surface area contributed by atoms with Gasteiger partial charge in [-0.25, -0.2) is 4.39 Å². The Bertz CT molecular complexity index is 353. The third-order valence-electron chi connectivity index (χ3n) is 3.73. The van der Waals surface area contributed by atoms with Gasteiger partial charge in [-0.15, -0.1) is 0 Å². The van der Waals surface area contributed by atoms with E-state index in [0.717, 1.165) is 43.5 Å². The minimum atomic E-state index is -0.208. The van der Waals surface area contributed by atoms with E-state index < -0.39 is 0 Å². The molecule has 1 aromatic rings. The number of benzene rings is 1. The highest BCUT2D eigenvalue weighted by Gasteiger charge is 2.38. The van der Waals surface area contributed by atoms with E-state index in [1.165, 1.54) is 12.1 Å². The standard InChI is InChI=1S/C13H16FNO/c14-11-1-3-12(4-2-11)16-13-5-9-7-15-8-10(9)6-13/h1-4,9-10,13,15H,5-8H2/t9-,10?,13?/m0/s1. The molecule has 3 heteroatoms. The third-order valence-corrected chi connectivity index (χ3v) is 3.73. The molecule has 1 heterocycles. The van der Waals surface area contributed by atoms with Gasteiger partial charge in [0.15, 0.2) is 0 Å². The second kappa shape index (κ2) is 4.06. The first-order chi connectivity index (χ1) is 7.81. The van der Waals surface area contributed by atoms with Gasteiger partial charge < -0.3 is 10.1 Å². The zero-order chi connectivity index (χ0) is 11.0. The summed E-state index contributed by atoms with van der Waals surface area (Å²) in [6.07, 6.45) is 2.59. The van der Waals surface area contributed by atoms with Crippen LogP contribution in [0.2, 0.25) is 0 Å². The van der Waals surface area contributed by atoms with Gasteiger partial charge in [-0.2, -0.15) is 0 Å². The van der Waals surface area contributed by atoms with Crippen LogP contribution in [0.4, 0.5) is 4.39 Å². The molecule has 2 fully saturated rings. The van der Waals surface area contributed by atoms with E-state index in [-0.39, 0.29) is 5.82 Å². The Morgan fingerprint density at radius 1 is 1.06 bits per heavy atom. The Hall–Kier alpha value is -1.09. The molecule has 1 saturated carbocycles. The summed E-state index contributed by atoms with van der Waals surface area (Å²) in [6, 6.07) is 6.32. The van der Waals surface area contributed by atoms with Crippen molar-refractivity contribution in [2.45, 2.75) is 18.9 Å². The predicted octanol–water partition coefficient (Wildman–Crippen LogP) is 2.20. The van der Waals surface area contributed by atoms with Crippen molar-refractivity contribution in [3.63, 3.8) is 0 Å². The first kappa shape index (κ1) is 10.1. The summed E-state index contributed by atoms with van der Waals surface area (Å²) < 4.78 is 18.6. The van der Waals surface area contributed by atoms with Crippen molar-refractivity contribution < 1.29 is 9.13 Å². The molecule has 2 nitrogen and oxygen atoms in total. The summed E-state index contributed by atoms with van der Waals surface area (Å²) in [7, 11) is 0. The normalized spacial score (nSPS) is 32.7. The Morgan fingerprint density at radius 2 is 1.69 bits per heavy atom. The molecule has 0 bridgehead atoms. The van der Waals surface area contributed by atoms with Gasteiger partial charge in [0.25, 0.3) is 0 Å². The Morgan fingerprint density at radius 3 is 2.31 bits per heavy atom. The van der Waals surface area contributed by atoms with E-state index in [9.17, 15) is 4.39 Å². The molecule has 2 aliphatic rings. The van der Waals surface area contributed by atoms with Crippen molar-refractivity contribution in [2.24, 2.45) is 11.8 Å². The Balaban J connectivity index is 1.62. The second-order valence-corrected chi connectivity index (χ2v) is 4.84. The molecule has 0 radical (unpaired) electrons. The molecule has 2 unspecified atom stereocenters. The topological polar surface area (TPSA) is 21.3 Å². The van der Waals surface area contributed by atoms with Crippen molar-refractivity contribution in [1.29, 1.82) is 0 Å². The van der Waals surface area contributed by atoms with Crippen LogP contribution < -0.4 is 10.1 Å². The highest BCUT2D eigenvalue weighted by molar-refractivity contribution is 5.22. The van der Waals surface area contributed by atoms with Gasteiger partial charge in [0.2, 0.25) is 0 Å². The maximum Gasteiger partial charge on any atom is 0.123 e. The number of hydrogen-bond donors (Lipinski definition) is 1. The van der Waals surface area contributed by atoms with Gasteiger partial charge >= 0.3 is 0 Å². The zero-order valence-electron chi connectivity index (χ0n) is 9.16. The number of nitrogens with one attached hydrogen (secondary N) is 1. The fraction of sp³-hybridized carbons (Fsp3) is 0.538. The summed E-state index contributed by atoms with van der Waals surface area (Å²) in [6.45, 7) is 2.27. The first-order valence-electron chi connectivity index (χ1n) is 5.94. The van der Waals surface area contributed by atoms with Crippen molar-refractivity contribution in [3.05, 3.63) is 30.1 Å². The van der Waals surface area contributed by atoms with Gasteiger partial charge in [0.1, 0.15) is 11.6 Å².